The summed E-state index contributed by atoms with van der Waals surface area (Å²) in [5.74, 6) is 0.412. The van der Waals surface area contributed by atoms with E-state index in [9.17, 15) is 18.0 Å². The number of thioether (sulfide) groups is 1. The van der Waals surface area contributed by atoms with Crippen LogP contribution >= 0.6 is 11.8 Å². The molecule has 1 aliphatic heterocycles. The zero-order valence-electron chi connectivity index (χ0n) is 16.0. The average molecular weight is 436 g/mol. The lowest BCUT2D eigenvalue weighted by Gasteiger charge is -2.20. The molecule has 0 bridgehead atoms. The molecule has 0 saturated carbocycles. The maximum atomic E-state index is 12.8. The van der Waals surface area contributed by atoms with Gasteiger partial charge in [0.25, 0.3) is 0 Å². The third-order valence-corrected chi connectivity index (χ3v) is 7.18. The van der Waals surface area contributed by atoms with Crippen LogP contribution in [0.3, 0.4) is 0 Å². The summed E-state index contributed by atoms with van der Waals surface area (Å²) in [6.45, 7) is -0.0461. The molecule has 0 unspecified atom stereocenters. The molecule has 0 aromatic heterocycles. The van der Waals surface area contributed by atoms with Gasteiger partial charge in [0.05, 0.1) is 30.0 Å². The van der Waals surface area contributed by atoms with E-state index in [-0.39, 0.29) is 23.9 Å². The van der Waals surface area contributed by atoms with Crippen LogP contribution in [0.25, 0.3) is 0 Å². The van der Waals surface area contributed by atoms with Crippen LogP contribution < -0.4 is 15.4 Å². The number of hydrogen-bond acceptors (Lipinski definition) is 6. The van der Waals surface area contributed by atoms with Crippen LogP contribution in [0.2, 0.25) is 0 Å². The Balaban J connectivity index is 1.62. The van der Waals surface area contributed by atoms with E-state index in [1.165, 1.54) is 30.9 Å². The molecule has 1 heterocycles. The van der Waals surface area contributed by atoms with Crippen molar-refractivity contribution >= 4 is 39.3 Å². The van der Waals surface area contributed by atoms with Crippen molar-refractivity contribution in [2.24, 2.45) is 0 Å². The van der Waals surface area contributed by atoms with E-state index in [2.05, 4.69) is 10.6 Å². The fraction of sp³-hybridized carbons (Fsp3) is 0.263. The van der Waals surface area contributed by atoms with Crippen LogP contribution in [-0.2, 0) is 26.2 Å². The number of sulfonamides is 1. The lowest BCUT2D eigenvalue weighted by Crippen LogP contribution is -2.38. The van der Waals surface area contributed by atoms with Crippen LogP contribution in [-0.4, -0.2) is 51.0 Å². The topological polar surface area (TPSA) is 105 Å². The van der Waals surface area contributed by atoms with Crippen molar-refractivity contribution in [3.05, 3.63) is 48.0 Å². The van der Waals surface area contributed by atoms with Crippen molar-refractivity contribution < 1.29 is 22.7 Å². The van der Waals surface area contributed by atoms with Gasteiger partial charge in [-0.1, -0.05) is 12.1 Å². The monoisotopic (exact) mass is 435 g/mol. The van der Waals surface area contributed by atoms with E-state index in [4.69, 9.17) is 4.74 Å². The number of amides is 2. The molecule has 3 rings (SSSR count). The average Bonchev–Trinajstić information content (AvgIpc) is 2.71. The minimum Gasteiger partial charge on any atom is -0.497 e. The second-order valence-electron chi connectivity index (χ2n) is 6.38. The van der Waals surface area contributed by atoms with E-state index >= 15 is 0 Å². The first-order valence-corrected chi connectivity index (χ1v) is 11.1. The number of carbonyl (C=O) groups is 2. The highest BCUT2D eigenvalue weighted by atomic mass is 32.2. The molecule has 2 amide bonds. The number of ether oxygens (including phenoxy) is 1. The number of rotatable bonds is 7. The van der Waals surface area contributed by atoms with Crippen molar-refractivity contribution in [3.63, 3.8) is 0 Å². The first-order valence-electron chi connectivity index (χ1n) is 8.72. The molecule has 10 heteroatoms. The largest absolute Gasteiger partial charge is 0.497 e. The van der Waals surface area contributed by atoms with Gasteiger partial charge in [-0.15, -0.1) is 11.8 Å². The Morgan fingerprint density at radius 1 is 1.24 bits per heavy atom. The van der Waals surface area contributed by atoms with Gasteiger partial charge in [-0.2, -0.15) is 4.31 Å². The van der Waals surface area contributed by atoms with Gasteiger partial charge in [-0.25, -0.2) is 8.42 Å². The smallest absolute Gasteiger partial charge is 0.243 e. The predicted molar refractivity (Wildman–Crippen MR) is 110 cm³/mol. The highest BCUT2D eigenvalue weighted by molar-refractivity contribution is 8.00. The van der Waals surface area contributed by atoms with Gasteiger partial charge in [-0.05, 0) is 35.9 Å². The Morgan fingerprint density at radius 2 is 1.97 bits per heavy atom. The van der Waals surface area contributed by atoms with Crippen LogP contribution in [0.15, 0.2) is 52.3 Å². The number of methoxy groups -OCH3 is 1. The molecular weight excluding hydrogens is 414 g/mol. The summed E-state index contributed by atoms with van der Waals surface area (Å²) < 4.78 is 31.6. The maximum Gasteiger partial charge on any atom is 0.243 e. The van der Waals surface area contributed by atoms with Gasteiger partial charge in [0.2, 0.25) is 21.8 Å². The standard InChI is InChI=1S/C19H21N3O5S2/c1-22(11-18(23)20-10-13-3-5-14(27-2)6-4-13)29(25,26)15-7-8-17-16(9-15)21-19(24)12-28-17/h3-9H,10-12H2,1-2H3,(H,20,23)(H,21,24). The lowest BCUT2D eigenvalue weighted by molar-refractivity contribution is -0.121. The highest BCUT2D eigenvalue weighted by Gasteiger charge is 2.25. The van der Waals surface area contributed by atoms with Crippen LogP contribution in [0, 0.1) is 0 Å². The van der Waals surface area contributed by atoms with Crippen molar-refractivity contribution in [1.82, 2.24) is 9.62 Å². The summed E-state index contributed by atoms with van der Waals surface area (Å²) in [7, 11) is -0.967. The molecule has 29 heavy (non-hydrogen) atoms. The first-order chi connectivity index (χ1) is 13.8. The molecule has 0 radical (unpaired) electrons. The van der Waals surface area contributed by atoms with Crippen LogP contribution in [0.1, 0.15) is 5.56 Å². The zero-order chi connectivity index (χ0) is 21.0. The Hall–Kier alpha value is -2.56. The number of benzene rings is 2. The quantitative estimate of drug-likeness (QED) is 0.686. The van der Waals surface area contributed by atoms with Gasteiger partial charge < -0.3 is 15.4 Å². The summed E-state index contributed by atoms with van der Waals surface area (Å²) in [5, 5.41) is 5.37. The van der Waals surface area contributed by atoms with Crippen molar-refractivity contribution in [1.29, 1.82) is 0 Å². The van der Waals surface area contributed by atoms with Gasteiger partial charge >= 0.3 is 0 Å². The predicted octanol–water partition coefficient (Wildman–Crippen LogP) is 1.68. The van der Waals surface area contributed by atoms with Gasteiger partial charge in [0, 0.05) is 18.5 Å². The number of fused-ring (bicyclic) bond motifs is 1. The molecule has 0 aliphatic carbocycles. The second-order valence-corrected chi connectivity index (χ2v) is 9.44. The molecule has 1 aliphatic rings. The summed E-state index contributed by atoms with van der Waals surface area (Å²) in [6, 6.07) is 11.8. The molecular formula is C19H21N3O5S2. The Labute approximate surface area is 173 Å². The maximum absolute atomic E-state index is 12.8. The van der Waals surface area contributed by atoms with Crippen molar-refractivity contribution in [2.75, 3.05) is 31.8 Å². The number of carbonyl (C=O) groups excluding carboxylic acids is 2. The molecule has 2 aromatic carbocycles. The van der Waals surface area contributed by atoms with E-state index in [1.54, 1.807) is 25.3 Å². The number of likely N-dealkylation sites (N-methyl/N-ethyl adjacent to an activating group) is 1. The minimum absolute atomic E-state index is 0.0181. The molecule has 0 saturated heterocycles. The van der Waals surface area contributed by atoms with E-state index in [0.29, 0.717) is 17.2 Å². The Morgan fingerprint density at radius 3 is 2.66 bits per heavy atom. The molecule has 154 valence electrons. The molecule has 0 fully saturated rings. The zero-order valence-corrected chi connectivity index (χ0v) is 17.6. The van der Waals surface area contributed by atoms with Gasteiger partial charge in [0.15, 0.2) is 0 Å². The first kappa shape index (κ1) is 21.2. The van der Waals surface area contributed by atoms with Gasteiger partial charge in [0.1, 0.15) is 5.75 Å². The van der Waals surface area contributed by atoms with Crippen molar-refractivity contribution in [2.45, 2.75) is 16.3 Å². The third kappa shape index (κ3) is 5.08. The fourth-order valence-electron chi connectivity index (χ4n) is 2.69. The molecule has 0 spiro atoms. The normalized spacial score (nSPS) is 13.6. The van der Waals surface area contributed by atoms with E-state index in [1.807, 2.05) is 12.1 Å². The molecule has 0 atom stereocenters. The van der Waals surface area contributed by atoms with Crippen LogP contribution in [0.5, 0.6) is 5.75 Å². The minimum atomic E-state index is -3.88. The molecule has 2 aromatic rings. The lowest BCUT2D eigenvalue weighted by atomic mass is 10.2. The second kappa shape index (κ2) is 8.85. The number of hydrogen-bond donors (Lipinski definition) is 2. The molecule has 2 N–H and O–H groups in total. The van der Waals surface area contributed by atoms with Gasteiger partial charge in [-0.3, -0.25) is 9.59 Å². The van der Waals surface area contributed by atoms with E-state index in [0.717, 1.165) is 14.8 Å². The fourth-order valence-corrected chi connectivity index (χ4v) is 4.63. The van der Waals surface area contributed by atoms with Crippen molar-refractivity contribution in [3.8, 4) is 5.75 Å². The number of anilines is 1. The van der Waals surface area contributed by atoms with E-state index < -0.39 is 15.9 Å². The summed E-state index contributed by atoms with van der Waals surface area (Å²) in [6.07, 6.45) is 0. The highest BCUT2D eigenvalue weighted by Crippen LogP contribution is 2.33. The summed E-state index contributed by atoms with van der Waals surface area (Å²) in [4.78, 5) is 24.6. The summed E-state index contributed by atoms with van der Waals surface area (Å²) >= 11 is 1.35. The Kier molecular flexibility index (Phi) is 6.46. The summed E-state index contributed by atoms with van der Waals surface area (Å²) in [5.41, 5.74) is 1.33. The third-order valence-electron chi connectivity index (χ3n) is 4.31. The van der Waals surface area contributed by atoms with Crippen LogP contribution in [0.4, 0.5) is 5.69 Å². The molecule has 8 nitrogen and oxygen atoms in total. The SMILES string of the molecule is COc1ccc(CNC(=O)CN(C)S(=O)(=O)c2ccc3c(c2)NC(=O)CS3)cc1. The Bertz CT molecular complexity index is 1020. The number of nitrogens with one attached hydrogen (secondary N) is 2. The number of nitrogens with zero attached hydrogens (tertiary/aromatic N) is 1.